The van der Waals surface area contributed by atoms with Gasteiger partial charge in [0.05, 0.1) is 5.71 Å². The lowest BCUT2D eigenvalue weighted by atomic mass is 10.1. The predicted octanol–water partition coefficient (Wildman–Crippen LogP) is 3.09. The molecule has 0 aromatic heterocycles. The van der Waals surface area contributed by atoms with Crippen LogP contribution in [-0.2, 0) is 16.1 Å². The van der Waals surface area contributed by atoms with E-state index in [1.165, 1.54) is 11.8 Å². The van der Waals surface area contributed by atoms with E-state index >= 15 is 0 Å². The predicted molar refractivity (Wildman–Crippen MR) is 113 cm³/mol. The molecule has 2 aromatic rings. The summed E-state index contributed by atoms with van der Waals surface area (Å²) in [6, 6.07) is 19.4. The van der Waals surface area contributed by atoms with E-state index in [9.17, 15) is 9.59 Å². The van der Waals surface area contributed by atoms with Crippen molar-refractivity contribution >= 4 is 34.5 Å². The Bertz CT molecular complexity index is 882. The number of amidine groups is 1. The third-order valence-electron chi connectivity index (χ3n) is 4.18. The van der Waals surface area contributed by atoms with Gasteiger partial charge >= 0.3 is 0 Å². The Labute approximate surface area is 168 Å². The molecule has 3 rings (SSSR count). The van der Waals surface area contributed by atoms with E-state index in [4.69, 9.17) is 0 Å². The summed E-state index contributed by atoms with van der Waals surface area (Å²) in [5.41, 5.74) is 2.86. The van der Waals surface area contributed by atoms with Crippen LogP contribution >= 0.6 is 11.8 Å². The highest BCUT2D eigenvalue weighted by Gasteiger charge is 2.32. The number of amides is 2. The highest BCUT2D eigenvalue weighted by atomic mass is 32.2. The molecule has 2 aromatic carbocycles. The van der Waals surface area contributed by atoms with E-state index in [1.807, 2.05) is 67.6 Å². The van der Waals surface area contributed by atoms with Crippen molar-refractivity contribution in [1.29, 1.82) is 0 Å². The van der Waals surface area contributed by atoms with Crippen LogP contribution in [0.15, 0.2) is 70.9 Å². The largest absolute Gasteiger partial charge is 0.352 e. The molecular weight excluding hydrogens is 372 g/mol. The molecule has 1 saturated heterocycles. The second kappa shape index (κ2) is 9.85. The maximum absolute atomic E-state index is 12.2. The summed E-state index contributed by atoms with van der Waals surface area (Å²) in [7, 11) is 0. The molecule has 0 aliphatic carbocycles. The first-order chi connectivity index (χ1) is 13.7. The first kappa shape index (κ1) is 19.8. The van der Waals surface area contributed by atoms with Crippen LogP contribution in [0.2, 0.25) is 0 Å². The molecule has 2 amide bonds. The molecule has 0 saturated carbocycles. The molecule has 7 heteroatoms. The number of thioether (sulfide) groups is 1. The summed E-state index contributed by atoms with van der Waals surface area (Å²) in [4.78, 5) is 24.3. The third-order valence-corrected chi connectivity index (χ3v) is 5.26. The minimum Gasteiger partial charge on any atom is -0.352 e. The van der Waals surface area contributed by atoms with Gasteiger partial charge in [-0.05, 0) is 17.5 Å². The molecule has 2 N–H and O–H groups in total. The first-order valence-electron chi connectivity index (χ1n) is 9.13. The number of nitrogens with zero attached hydrogens (tertiary/aromatic N) is 2. The molecule has 0 spiro atoms. The fourth-order valence-corrected chi connectivity index (χ4v) is 3.61. The number of carbonyl (C=O) groups is 2. The zero-order chi connectivity index (χ0) is 19.8. The zero-order valence-electron chi connectivity index (χ0n) is 15.6. The summed E-state index contributed by atoms with van der Waals surface area (Å²) in [6.45, 7) is 2.45. The lowest BCUT2D eigenvalue weighted by Gasteiger charge is -2.07. The Morgan fingerprint density at radius 2 is 1.79 bits per heavy atom. The van der Waals surface area contributed by atoms with Gasteiger partial charge in [0.15, 0.2) is 5.17 Å². The second-order valence-electron chi connectivity index (χ2n) is 6.23. The minimum atomic E-state index is -0.494. The van der Waals surface area contributed by atoms with Crippen molar-refractivity contribution in [3.8, 4) is 0 Å². The monoisotopic (exact) mass is 394 g/mol. The highest BCUT2D eigenvalue weighted by Crippen LogP contribution is 2.22. The van der Waals surface area contributed by atoms with Crippen LogP contribution in [0.1, 0.15) is 30.9 Å². The molecule has 28 heavy (non-hydrogen) atoms. The number of hydrogen-bond acceptors (Lipinski definition) is 5. The first-order valence-corrected chi connectivity index (χ1v) is 10.0. The van der Waals surface area contributed by atoms with Crippen molar-refractivity contribution in [3.63, 3.8) is 0 Å². The molecule has 1 atom stereocenters. The number of nitrogens with one attached hydrogen (secondary N) is 2. The molecule has 0 radical (unpaired) electrons. The van der Waals surface area contributed by atoms with Gasteiger partial charge in [-0.2, -0.15) is 5.10 Å². The topological polar surface area (TPSA) is 82.9 Å². The SMILES string of the molecule is CC/C(=N\N=C1/NC(=O)C(CC(=O)NCc2ccccc2)S1)c1ccccc1. The van der Waals surface area contributed by atoms with Gasteiger partial charge in [0.2, 0.25) is 11.8 Å². The summed E-state index contributed by atoms with van der Waals surface area (Å²) in [5, 5.41) is 13.9. The van der Waals surface area contributed by atoms with Gasteiger partial charge in [-0.25, -0.2) is 0 Å². The van der Waals surface area contributed by atoms with Crippen molar-refractivity contribution in [2.24, 2.45) is 10.2 Å². The van der Waals surface area contributed by atoms with Crippen molar-refractivity contribution in [3.05, 3.63) is 71.8 Å². The number of carbonyl (C=O) groups excluding carboxylic acids is 2. The Morgan fingerprint density at radius 1 is 1.11 bits per heavy atom. The van der Waals surface area contributed by atoms with Crippen molar-refractivity contribution < 1.29 is 9.59 Å². The summed E-state index contributed by atoms with van der Waals surface area (Å²) in [5.74, 6) is -0.383. The van der Waals surface area contributed by atoms with Gasteiger partial charge in [0.25, 0.3) is 0 Å². The van der Waals surface area contributed by atoms with Gasteiger partial charge in [-0.3, -0.25) is 9.59 Å². The molecule has 1 aliphatic rings. The molecular formula is C21H22N4O2S. The average molecular weight is 395 g/mol. The van der Waals surface area contributed by atoms with E-state index in [0.717, 1.165) is 23.3 Å². The van der Waals surface area contributed by atoms with E-state index in [0.29, 0.717) is 11.7 Å². The van der Waals surface area contributed by atoms with E-state index in [-0.39, 0.29) is 18.2 Å². The summed E-state index contributed by atoms with van der Waals surface area (Å²) >= 11 is 1.24. The van der Waals surface area contributed by atoms with E-state index < -0.39 is 5.25 Å². The highest BCUT2D eigenvalue weighted by molar-refractivity contribution is 8.15. The fraction of sp³-hybridized carbons (Fsp3) is 0.238. The zero-order valence-corrected chi connectivity index (χ0v) is 16.4. The van der Waals surface area contributed by atoms with Gasteiger partial charge in [-0.15, -0.1) is 5.10 Å². The maximum atomic E-state index is 12.2. The van der Waals surface area contributed by atoms with Crippen LogP contribution in [0.25, 0.3) is 0 Å². The van der Waals surface area contributed by atoms with Crippen LogP contribution in [0.4, 0.5) is 0 Å². The van der Waals surface area contributed by atoms with Crippen molar-refractivity contribution in [2.75, 3.05) is 0 Å². The van der Waals surface area contributed by atoms with Crippen LogP contribution in [0.5, 0.6) is 0 Å². The second-order valence-corrected chi connectivity index (χ2v) is 7.43. The smallest absolute Gasteiger partial charge is 0.240 e. The lowest BCUT2D eigenvalue weighted by molar-refractivity contribution is -0.125. The molecule has 1 aliphatic heterocycles. The average Bonchev–Trinajstić information content (AvgIpc) is 3.07. The van der Waals surface area contributed by atoms with Crippen molar-refractivity contribution in [1.82, 2.24) is 10.6 Å². The third kappa shape index (κ3) is 5.53. The van der Waals surface area contributed by atoms with Crippen LogP contribution < -0.4 is 10.6 Å². The minimum absolute atomic E-state index is 0.103. The molecule has 144 valence electrons. The number of rotatable bonds is 7. The Kier molecular flexibility index (Phi) is 6.97. The molecule has 6 nitrogen and oxygen atoms in total. The van der Waals surface area contributed by atoms with Crippen LogP contribution in [0, 0.1) is 0 Å². The Morgan fingerprint density at radius 3 is 2.46 bits per heavy atom. The van der Waals surface area contributed by atoms with E-state index in [1.54, 1.807) is 0 Å². The van der Waals surface area contributed by atoms with Crippen LogP contribution in [-0.4, -0.2) is 27.9 Å². The fourth-order valence-electron chi connectivity index (χ4n) is 2.69. The Hall–Kier alpha value is -2.93. The van der Waals surface area contributed by atoms with Gasteiger partial charge in [0, 0.05) is 13.0 Å². The van der Waals surface area contributed by atoms with Crippen LogP contribution in [0.3, 0.4) is 0 Å². The van der Waals surface area contributed by atoms with Gasteiger partial charge in [0.1, 0.15) is 5.25 Å². The van der Waals surface area contributed by atoms with Crippen molar-refractivity contribution in [2.45, 2.75) is 31.6 Å². The number of benzene rings is 2. The van der Waals surface area contributed by atoms with Gasteiger partial charge in [-0.1, -0.05) is 79.3 Å². The molecule has 1 unspecified atom stereocenters. The normalized spacial score (nSPS) is 18.2. The summed E-state index contributed by atoms with van der Waals surface area (Å²) < 4.78 is 0. The summed E-state index contributed by atoms with van der Waals surface area (Å²) in [6.07, 6.45) is 0.829. The number of hydrogen-bond donors (Lipinski definition) is 2. The molecule has 0 bridgehead atoms. The molecule has 1 fully saturated rings. The quantitative estimate of drug-likeness (QED) is 0.559. The standard InChI is InChI=1S/C21H22N4O2S/c1-2-17(16-11-7-4-8-12-16)24-25-21-23-20(27)18(28-21)13-19(26)22-14-15-9-5-3-6-10-15/h3-12,18H,2,13-14H2,1H3,(H,22,26)(H,23,25,27)/b24-17+. The maximum Gasteiger partial charge on any atom is 0.240 e. The molecule has 1 heterocycles. The van der Waals surface area contributed by atoms with E-state index in [2.05, 4.69) is 20.8 Å². The Balaban J connectivity index is 1.56. The lowest BCUT2D eigenvalue weighted by Crippen LogP contribution is -2.31. The van der Waals surface area contributed by atoms with Gasteiger partial charge < -0.3 is 10.6 Å².